The highest BCUT2D eigenvalue weighted by Gasteiger charge is 2.33. The first-order valence-electron chi connectivity index (χ1n) is 8.46. The first-order valence-corrected chi connectivity index (χ1v) is 9.34. The summed E-state index contributed by atoms with van der Waals surface area (Å²) in [6, 6.07) is 12.0. The summed E-state index contributed by atoms with van der Waals surface area (Å²) in [7, 11) is 0. The van der Waals surface area contributed by atoms with Gasteiger partial charge in [0.2, 0.25) is 5.91 Å². The van der Waals surface area contributed by atoms with Crippen molar-refractivity contribution in [3.8, 4) is 0 Å². The summed E-state index contributed by atoms with van der Waals surface area (Å²) in [5, 5.41) is 1.94. The summed E-state index contributed by atoms with van der Waals surface area (Å²) in [4.78, 5) is 29.3. The number of rotatable bonds is 4. The van der Waals surface area contributed by atoms with E-state index in [0.717, 1.165) is 36.5 Å². The number of para-hydroxylation sites is 1. The molecule has 1 fully saturated rings. The Balaban J connectivity index is 1.52. The average Bonchev–Trinajstić information content (AvgIpc) is 3.33. The maximum atomic E-state index is 12.8. The van der Waals surface area contributed by atoms with E-state index in [1.165, 1.54) is 16.9 Å². The molecule has 2 aliphatic heterocycles. The number of carbonyl (C=O) groups excluding carboxylic acids is 2. The van der Waals surface area contributed by atoms with Crippen LogP contribution in [0.4, 0.5) is 5.69 Å². The Morgan fingerprint density at radius 3 is 2.83 bits per heavy atom. The van der Waals surface area contributed by atoms with Crippen LogP contribution in [0.25, 0.3) is 0 Å². The standard InChI is InChI=1S/C19H20N2O2S/c22-18-8-3-10-20(18)11-9-14-13-21(16-6-2-1-5-15(14)16)19(23)17-7-4-12-24-17/h1-2,4-7,12,14H,3,8-11,13H2/t14-/m1/s1. The molecule has 2 amide bonds. The summed E-state index contributed by atoms with van der Waals surface area (Å²) >= 11 is 1.48. The average molecular weight is 340 g/mol. The molecule has 3 heterocycles. The van der Waals surface area contributed by atoms with Crippen LogP contribution in [0.15, 0.2) is 41.8 Å². The molecule has 4 rings (SSSR count). The van der Waals surface area contributed by atoms with E-state index in [0.29, 0.717) is 18.9 Å². The molecule has 124 valence electrons. The quantitative estimate of drug-likeness (QED) is 0.855. The molecule has 4 nitrogen and oxygen atoms in total. The second-order valence-corrected chi connectivity index (χ2v) is 7.37. The van der Waals surface area contributed by atoms with Crippen LogP contribution in [0.2, 0.25) is 0 Å². The molecule has 1 aromatic carbocycles. The van der Waals surface area contributed by atoms with E-state index in [9.17, 15) is 9.59 Å². The van der Waals surface area contributed by atoms with E-state index in [4.69, 9.17) is 0 Å². The van der Waals surface area contributed by atoms with Crippen LogP contribution >= 0.6 is 11.3 Å². The third-order valence-corrected chi connectivity index (χ3v) is 5.82. The number of anilines is 1. The third kappa shape index (κ3) is 2.73. The Morgan fingerprint density at radius 1 is 1.21 bits per heavy atom. The van der Waals surface area contributed by atoms with E-state index < -0.39 is 0 Å². The summed E-state index contributed by atoms with van der Waals surface area (Å²) in [6.07, 6.45) is 2.57. The number of amides is 2. The van der Waals surface area contributed by atoms with Gasteiger partial charge < -0.3 is 9.80 Å². The molecular formula is C19H20N2O2S. The molecule has 24 heavy (non-hydrogen) atoms. The number of likely N-dealkylation sites (tertiary alicyclic amines) is 1. The highest BCUT2D eigenvalue weighted by atomic mass is 32.1. The summed E-state index contributed by atoms with van der Waals surface area (Å²) < 4.78 is 0. The van der Waals surface area contributed by atoms with Gasteiger partial charge in [0.1, 0.15) is 0 Å². The van der Waals surface area contributed by atoms with Crippen molar-refractivity contribution in [3.05, 3.63) is 52.2 Å². The van der Waals surface area contributed by atoms with Crippen LogP contribution in [-0.2, 0) is 4.79 Å². The number of nitrogens with zero attached hydrogens (tertiary/aromatic N) is 2. The third-order valence-electron chi connectivity index (χ3n) is 4.97. The van der Waals surface area contributed by atoms with Crippen molar-refractivity contribution >= 4 is 28.8 Å². The predicted octanol–water partition coefficient (Wildman–Crippen LogP) is 3.50. The maximum absolute atomic E-state index is 12.8. The second-order valence-electron chi connectivity index (χ2n) is 6.42. The number of hydrogen-bond donors (Lipinski definition) is 0. The van der Waals surface area contributed by atoms with Crippen LogP contribution in [-0.4, -0.2) is 36.3 Å². The lowest BCUT2D eigenvalue weighted by Crippen LogP contribution is -2.31. The zero-order valence-electron chi connectivity index (χ0n) is 13.5. The fourth-order valence-corrected chi connectivity index (χ4v) is 4.39. The van der Waals surface area contributed by atoms with E-state index in [-0.39, 0.29) is 11.8 Å². The smallest absolute Gasteiger partial charge is 0.268 e. The van der Waals surface area contributed by atoms with E-state index >= 15 is 0 Å². The van der Waals surface area contributed by atoms with Crippen molar-refractivity contribution in [2.75, 3.05) is 24.5 Å². The number of thiophene rings is 1. The second kappa shape index (κ2) is 6.40. The number of carbonyl (C=O) groups is 2. The highest BCUT2D eigenvalue weighted by Crippen LogP contribution is 2.39. The highest BCUT2D eigenvalue weighted by molar-refractivity contribution is 7.12. The zero-order valence-corrected chi connectivity index (χ0v) is 14.3. The molecule has 2 aliphatic rings. The summed E-state index contributed by atoms with van der Waals surface area (Å²) in [5.41, 5.74) is 2.25. The van der Waals surface area contributed by atoms with Crippen LogP contribution in [0.1, 0.15) is 40.4 Å². The molecule has 1 saturated heterocycles. The van der Waals surface area contributed by atoms with Gasteiger partial charge in [-0.25, -0.2) is 0 Å². The SMILES string of the molecule is O=C1CCCN1CC[C@@H]1CN(C(=O)c2cccs2)c2ccccc21. The zero-order chi connectivity index (χ0) is 16.5. The van der Waals surface area contributed by atoms with Crippen molar-refractivity contribution in [2.24, 2.45) is 0 Å². The largest absolute Gasteiger partial charge is 0.343 e. The van der Waals surface area contributed by atoms with Crippen molar-refractivity contribution in [1.29, 1.82) is 0 Å². The maximum Gasteiger partial charge on any atom is 0.268 e. The molecule has 0 radical (unpaired) electrons. The van der Waals surface area contributed by atoms with Crippen molar-refractivity contribution in [1.82, 2.24) is 4.90 Å². The summed E-state index contributed by atoms with van der Waals surface area (Å²) in [6.45, 7) is 2.38. The first-order chi connectivity index (χ1) is 11.7. The lowest BCUT2D eigenvalue weighted by Gasteiger charge is -2.19. The van der Waals surface area contributed by atoms with Crippen LogP contribution in [0, 0.1) is 0 Å². The molecule has 0 saturated carbocycles. The molecule has 0 N–H and O–H groups in total. The van der Waals surface area contributed by atoms with Gasteiger partial charge in [-0.1, -0.05) is 24.3 Å². The van der Waals surface area contributed by atoms with Gasteiger partial charge in [-0.05, 0) is 35.9 Å². The minimum Gasteiger partial charge on any atom is -0.343 e. The summed E-state index contributed by atoms with van der Waals surface area (Å²) in [5.74, 6) is 0.656. The first kappa shape index (κ1) is 15.4. The Hall–Kier alpha value is -2.14. The molecule has 2 aromatic rings. The van der Waals surface area contributed by atoms with Gasteiger partial charge in [-0.3, -0.25) is 9.59 Å². The lowest BCUT2D eigenvalue weighted by molar-refractivity contribution is -0.127. The molecule has 0 bridgehead atoms. The fraction of sp³-hybridized carbons (Fsp3) is 0.368. The molecule has 0 unspecified atom stereocenters. The number of hydrogen-bond acceptors (Lipinski definition) is 3. The molecular weight excluding hydrogens is 320 g/mol. The van der Waals surface area contributed by atoms with Crippen molar-refractivity contribution in [2.45, 2.75) is 25.2 Å². The minimum atomic E-state index is 0.0807. The van der Waals surface area contributed by atoms with Crippen molar-refractivity contribution < 1.29 is 9.59 Å². The molecule has 0 spiro atoms. The van der Waals surface area contributed by atoms with Crippen LogP contribution in [0.5, 0.6) is 0 Å². The van der Waals surface area contributed by atoms with Gasteiger partial charge in [0.25, 0.3) is 5.91 Å². The number of benzene rings is 1. The van der Waals surface area contributed by atoms with Gasteiger partial charge in [0.05, 0.1) is 4.88 Å². The molecule has 5 heteroatoms. The van der Waals surface area contributed by atoms with Gasteiger partial charge in [0.15, 0.2) is 0 Å². The van der Waals surface area contributed by atoms with Gasteiger partial charge in [-0.2, -0.15) is 0 Å². The predicted molar refractivity (Wildman–Crippen MR) is 95.6 cm³/mol. The Morgan fingerprint density at radius 2 is 2.08 bits per heavy atom. The molecule has 1 aromatic heterocycles. The topological polar surface area (TPSA) is 40.6 Å². The van der Waals surface area contributed by atoms with Gasteiger partial charge in [0, 0.05) is 37.7 Å². The molecule has 0 aliphatic carbocycles. The monoisotopic (exact) mass is 340 g/mol. The Labute approximate surface area is 145 Å². The van der Waals surface area contributed by atoms with Gasteiger partial charge in [-0.15, -0.1) is 11.3 Å². The van der Waals surface area contributed by atoms with E-state index in [1.807, 2.05) is 45.5 Å². The normalized spacial score (nSPS) is 19.8. The fourth-order valence-electron chi connectivity index (χ4n) is 3.72. The molecule has 1 atom stereocenters. The Bertz CT molecular complexity index is 756. The van der Waals surface area contributed by atoms with Gasteiger partial charge >= 0.3 is 0 Å². The van der Waals surface area contributed by atoms with Crippen LogP contribution in [0.3, 0.4) is 0 Å². The van der Waals surface area contributed by atoms with Crippen LogP contribution < -0.4 is 4.90 Å². The number of fused-ring (bicyclic) bond motifs is 1. The Kier molecular flexibility index (Phi) is 4.10. The lowest BCUT2D eigenvalue weighted by atomic mass is 9.98. The van der Waals surface area contributed by atoms with E-state index in [1.54, 1.807) is 0 Å². The van der Waals surface area contributed by atoms with Crippen molar-refractivity contribution in [3.63, 3.8) is 0 Å². The van der Waals surface area contributed by atoms with E-state index in [2.05, 4.69) is 6.07 Å². The minimum absolute atomic E-state index is 0.0807.